The number of anilines is 2. The average Bonchev–Trinajstić information content (AvgIpc) is 2.25. The smallest absolute Gasteiger partial charge is 0.0593 e. The van der Waals surface area contributed by atoms with E-state index in [1.54, 1.807) is 12.4 Å². The number of hydrogen-bond acceptors (Lipinski definition) is 2. The van der Waals surface area contributed by atoms with Gasteiger partial charge < -0.3 is 5.32 Å². The van der Waals surface area contributed by atoms with Crippen molar-refractivity contribution in [3.63, 3.8) is 0 Å². The Bertz CT molecular complexity index is 451. The molecule has 0 spiro atoms. The fourth-order valence-corrected chi connectivity index (χ4v) is 1.62. The Morgan fingerprint density at radius 3 is 2.53 bits per heavy atom. The minimum Gasteiger partial charge on any atom is -0.355 e. The molecule has 76 valence electrons. The monoisotopic (exact) mass is 262 g/mol. The molecule has 2 rings (SSSR count). The maximum atomic E-state index is 4.01. The van der Waals surface area contributed by atoms with Gasteiger partial charge in [-0.3, -0.25) is 4.98 Å². The van der Waals surface area contributed by atoms with Crippen LogP contribution in [0, 0.1) is 6.92 Å². The second kappa shape index (κ2) is 4.45. The molecule has 0 aliphatic heterocycles. The summed E-state index contributed by atoms with van der Waals surface area (Å²) in [6.45, 7) is 2.08. The van der Waals surface area contributed by atoms with E-state index in [4.69, 9.17) is 0 Å². The Morgan fingerprint density at radius 2 is 1.87 bits per heavy atom. The van der Waals surface area contributed by atoms with Crippen LogP contribution in [0.25, 0.3) is 0 Å². The fraction of sp³-hybridized carbons (Fsp3) is 0.0833. The maximum absolute atomic E-state index is 4.01. The van der Waals surface area contributed by atoms with Crippen molar-refractivity contribution in [1.82, 2.24) is 4.98 Å². The molecule has 0 saturated heterocycles. The normalized spacial score (nSPS) is 10.0. The van der Waals surface area contributed by atoms with Crippen LogP contribution in [-0.2, 0) is 0 Å². The number of rotatable bonds is 2. The Kier molecular flexibility index (Phi) is 3.02. The van der Waals surface area contributed by atoms with Gasteiger partial charge in [-0.15, -0.1) is 0 Å². The molecule has 0 saturated carbocycles. The third kappa shape index (κ3) is 2.57. The van der Waals surface area contributed by atoms with E-state index >= 15 is 0 Å². The minimum atomic E-state index is 0.963. The summed E-state index contributed by atoms with van der Waals surface area (Å²) in [7, 11) is 0. The minimum absolute atomic E-state index is 0.963. The van der Waals surface area contributed by atoms with Crippen LogP contribution in [0.3, 0.4) is 0 Å². The van der Waals surface area contributed by atoms with Crippen LogP contribution in [0.4, 0.5) is 11.4 Å². The molecule has 0 radical (unpaired) electrons. The molecule has 15 heavy (non-hydrogen) atoms. The lowest BCUT2D eigenvalue weighted by Gasteiger charge is -2.07. The summed E-state index contributed by atoms with van der Waals surface area (Å²) in [6, 6.07) is 10.2. The van der Waals surface area contributed by atoms with Gasteiger partial charge in [-0.2, -0.15) is 0 Å². The Morgan fingerprint density at radius 1 is 1.13 bits per heavy atom. The molecule has 2 nitrogen and oxygen atoms in total. The standard InChI is InChI=1S/C12H11BrN2/c1-9-2-4-10(5-3-9)15-12-6-7-14-8-11(12)13/h2-8H,1H3,(H,14,15). The van der Waals surface area contributed by atoms with Gasteiger partial charge in [-0.25, -0.2) is 0 Å². The SMILES string of the molecule is Cc1ccc(Nc2ccncc2Br)cc1. The van der Waals surface area contributed by atoms with Gasteiger partial charge in [-0.05, 0) is 41.1 Å². The summed E-state index contributed by atoms with van der Waals surface area (Å²) < 4.78 is 0.963. The number of aryl methyl sites for hydroxylation is 1. The summed E-state index contributed by atoms with van der Waals surface area (Å²) >= 11 is 3.44. The number of benzene rings is 1. The molecule has 0 bridgehead atoms. The van der Waals surface area contributed by atoms with Crippen molar-refractivity contribution in [3.8, 4) is 0 Å². The van der Waals surface area contributed by atoms with Crippen molar-refractivity contribution >= 4 is 27.3 Å². The van der Waals surface area contributed by atoms with E-state index in [-0.39, 0.29) is 0 Å². The van der Waals surface area contributed by atoms with E-state index in [0.717, 1.165) is 15.8 Å². The van der Waals surface area contributed by atoms with Gasteiger partial charge in [0.05, 0.1) is 10.2 Å². The molecule has 1 aromatic carbocycles. The van der Waals surface area contributed by atoms with Crippen molar-refractivity contribution in [2.45, 2.75) is 6.92 Å². The summed E-state index contributed by atoms with van der Waals surface area (Å²) in [5.74, 6) is 0. The van der Waals surface area contributed by atoms with E-state index in [1.165, 1.54) is 5.56 Å². The zero-order valence-corrected chi connectivity index (χ0v) is 9.95. The van der Waals surface area contributed by atoms with E-state index < -0.39 is 0 Å². The molecule has 0 amide bonds. The lowest BCUT2D eigenvalue weighted by Crippen LogP contribution is -1.91. The number of aromatic nitrogens is 1. The van der Waals surface area contributed by atoms with Crippen LogP contribution in [0.1, 0.15) is 5.56 Å². The first-order valence-corrected chi connectivity index (χ1v) is 5.48. The highest BCUT2D eigenvalue weighted by Crippen LogP contribution is 2.24. The highest BCUT2D eigenvalue weighted by atomic mass is 79.9. The van der Waals surface area contributed by atoms with Crippen molar-refractivity contribution in [1.29, 1.82) is 0 Å². The molecule has 3 heteroatoms. The van der Waals surface area contributed by atoms with Crippen LogP contribution < -0.4 is 5.32 Å². The van der Waals surface area contributed by atoms with Crippen LogP contribution in [0.2, 0.25) is 0 Å². The first-order valence-electron chi connectivity index (χ1n) is 4.69. The van der Waals surface area contributed by atoms with Crippen molar-refractivity contribution < 1.29 is 0 Å². The maximum Gasteiger partial charge on any atom is 0.0593 e. The largest absolute Gasteiger partial charge is 0.355 e. The topological polar surface area (TPSA) is 24.9 Å². The Hall–Kier alpha value is -1.35. The van der Waals surface area contributed by atoms with Gasteiger partial charge in [0.1, 0.15) is 0 Å². The molecule has 1 aromatic heterocycles. The summed E-state index contributed by atoms with van der Waals surface area (Å²) in [4.78, 5) is 4.01. The molecule has 0 aliphatic carbocycles. The molecule has 1 N–H and O–H groups in total. The van der Waals surface area contributed by atoms with Crippen molar-refractivity contribution in [3.05, 3.63) is 52.8 Å². The molecular weight excluding hydrogens is 252 g/mol. The first kappa shape index (κ1) is 10.2. The van der Waals surface area contributed by atoms with Crippen LogP contribution in [0.5, 0.6) is 0 Å². The number of pyridine rings is 1. The number of halogens is 1. The summed E-state index contributed by atoms with van der Waals surface area (Å²) in [5.41, 5.74) is 3.36. The Labute approximate surface area is 97.5 Å². The zero-order valence-electron chi connectivity index (χ0n) is 8.37. The third-order valence-corrected chi connectivity index (χ3v) is 2.73. The van der Waals surface area contributed by atoms with E-state index in [0.29, 0.717) is 0 Å². The number of hydrogen-bond donors (Lipinski definition) is 1. The fourth-order valence-electron chi connectivity index (χ4n) is 1.27. The predicted molar refractivity (Wildman–Crippen MR) is 66.4 cm³/mol. The number of nitrogens with one attached hydrogen (secondary N) is 1. The summed E-state index contributed by atoms with van der Waals surface area (Å²) in [5, 5.41) is 3.31. The lowest BCUT2D eigenvalue weighted by molar-refractivity contribution is 1.30. The van der Waals surface area contributed by atoms with E-state index in [1.807, 2.05) is 6.07 Å². The van der Waals surface area contributed by atoms with Gasteiger partial charge in [0, 0.05) is 18.1 Å². The van der Waals surface area contributed by atoms with Crippen molar-refractivity contribution in [2.24, 2.45) is 0 Å². The second-order valence-electron chi connectivity index (χ2n) is 3.35. The van der Waals surface area contributed by atoms with Crippen LogP contribution in [0.15, 0.2) is 47.2 Å². The molecule has 0 atom stereocenters. The van der Waals surface area contributed by atoms with E-state index in [2.05, 4.69) is 57.4 Å². The highest BCUT2D eigenvalue weighted by Gasteiger charge is 1.98. The predicted octanol–water partition coefficient (Wildman–Crippen LogP) is 3.90. The van der Waals surface area contributed by atoms with Crippen LogP contribution in [-0.4, -0.2) is 4.98 Å². The summed E-state index contributed by atoms with van der Waals surface area (Å²) in [6.07, 6.45) is 3.54. The lowest BCUT2D eigenvalue weighted by atomic mass is 10.2. The molecule has 2 aromatic rings. The molecule has 0 aliphatic rings. The quantitative estimate of drug-likeness (QED) is 0.888. The molecular formula is C12H11BrN2. The average molecular weight is 263 g/mol. The van der Waals surface area contributed by atoms with Gasteiger partial charge >= 0.3 is 0 Å². The Balaban J connectivity index is 2.22. The molecule has 1 heterocycles. The molecule has 0 fully saturated rings. The van der Waals surface area contributed by atoms with Gasteiger partial charge in [0.15, 0.2) is 0 Å². The van der Waals surface area contributed by atoms with Gasteiger partial charge in [0.2, 0.25) is 0 Å². The third-order valence-electron chi connectivity index (χ3n) is 2.10. The zero-order chi connectivity index (χ0) is 10.7. The highest BCUT2D eigenvalue weighted by molar-refractivity contribution is 9.10. The molecule has 0 unspecified atom stereocenters. The second-order valence-corrected chi connectivity index (χ2v) is 4.20. The van der Waals surface area contributed by atoms with Gasteiger partial charge in [0.25, 0.3) is 0 Å². The first-order chi connectivity index (χ1) is 7.25. The van der Waals surface area contributed by atoms with Gasteiger partial charge in [-0.1, -0.05) is 17.7 Å². The van der Waals surface area contributed by atoms with Crippen LogP contribution >= 0.6 is 15.9 Å². The number of nitrogens with zero attached hydrogens (tertiary/aromatic N) is 1. The van der Waals surface area contributed by atoms with Crippen molar-refractivity contribution in [2.75, 3.05) is 5.32 Å². The van der Waals surface area contributed by atoms with E-state index in [9.17, 15) is 0 Å².